The Bertz CT molecular complexity index is 1310. The van der Waals surface area contributed by atoms with Crippen LogP contribution in [0.15, 0.2) is 24.3 Å². The second-order valence-corrected chi connectivity index (χ2v) is 14.5. The lowest BCUT2D eigenvalue weighted by molar-refractivity contribution is 0.0965. The third-order valence-electron chi connectivity index (χ3n) is 10.1. The van der Waals surface area contributed by atoms with Crippen molar-refractivity contribution in [3.05, 3.63) is 35.4 Å². The summed E-state index contributed by atoms with van der Waals surface area (Å²) in [7, 11) is 1.67. The quantitative estimate of drug-likeness (QED) is 0.0738. The summed E-state index contributed by atoms with van der Waals surface area (Å²) in [5, 5.41) is 0. The van der Waals surface area contributed by atoms with Crippen molar-refractivity contribution in [1.29, 1.82) is 0 Å². The first-order chi connectivity index (χ1) is 25.7. The highest BCUT2D eigenvalue weighted by Gasteiger charge is 2.26. The molecule has 0 aromatic heterocycles. The molecule has 5 unspecified atom stereocenters. The summed E-state index contributed by atoms with van der Waals surface area (Å²) in [6, 6.07) is 7.84. The normalized spacial score (nSPS) is 14.2. The van der Waals surface area contributed by atoms with E-state index in [4.69, 9.17) is 28.4 Å². The molecule has 2 aromatic carbocycles. The Hall–Kier alpha value is -3.09. The average Bonchev–Trinajstić information content (AvgIpc) is 3.16. The van der Waals surface area contributed by atoms with Crippen LogP contribution in [-0.4, -0.2) is 43.4 Å². The predicted octanol–water partition coefficient (Wildman–Crippen LogP) is 13.3. The minimum absolute atomic E-state index is 0.00798. The Kier molecular flexibility index (Phi) is 22.5. The highest BCUT2D eigenvalue weighted by atomic mass is 16.5. The number of hydrogen-bond acceptors (Lipinski definition) is 7. The summed E-state index contributed by atoms with van der Waals surface area (Å²) in [6.45, 7) is 21.6. The molecule has 53 heavy (non-hydrogen) atoms. The summed E-state index contributed by atoms with van der Waals surface area (Å²) in [6.07, 6.45) is 14.9. The molecule has 7 heteroatoms. The number of carbonyl (C=O) groups excluding carboxylic acids is 1. The van der Waals surface area contributed by atoms with Crippen LogP contribution in [0.5, 0.6) is 34.5 Å². The molecule has 0 amide bonds. The van der Waals surface area contributed by atoms with Gasteiger partial charge in [-0.3, -0.25) is 4.79 Å². The standard InChI is InChI=1S/C46H76O7/c1-12-22-34(17-6)49-39-29-33(45(43(31-39)48-11)52-37(20-9)25-15-4)27-28-42(47)41-30-40(50-35(18-7)23-13-2)32-44(51-36(19-8)24-14-3)46(41)53-38(21-10)26-16-5/h29-32,34-38H,12-28H2,1-11H3. The van der Waals surface area contributed by atoms with Crippen LogP contribution in [0.3, 0.4) is 0 Å². The molecule has 0 radical (unpaired) electrons. The lowest BCUT2D eigenvalue weighted by atomic mass is 9.99. The third kappa shape index (κ3) is 14.9. The molecule has 7 nitrogen and oxygen atoms in total. The fourth-order valence-corrected chi connectivity index (χ4v) is 6.85. The summed E-state index contributed by atoms with van der Waals surface area (Å²) < 4.78 is 39.2. The molecule has 0 heterocycles. The van der Waals surface area contributed by atoms with E-state index in [1.807, 2.05) is 18.2 Å². The van der Waals surface area contributed by atoms with Gasteiger partial charge in [0.15, 0.2) is 28.8 Å². The molecule has 2 rings (SSSR count). The zero-order chi connectivity index (χ0) is 39.2. The Labute approximate surface area is 324 Å². The van der Waals surface area contributed by atoms with Gasteiger partial charge in [0, 0.05) is 24.1 Å². The molecule has 0 aliphatic carbocycles. The number of benzene rings is 2. The van der Waals surface area contributed by atoms with Crippen molar-refractivity contribution in [2.75, 3.05) is 7.11 Å². The number of ether oxygens (including phenoxy) is 6. The first-order valence-corrected chi connectivity index (χ1v) is 21.4. The van der Waals surface area contributed by atoms with E-state index in [-0.39, 0.29) is 42.7 Å². The van der Waals surface area contributed by atoms with Gasteiger partial charge in [0.1, 0.15) is 11.5 Å². The van der Waals surface area contributed by atoms with Crippen molar-refractivity contribution in [3.8, 4) is 34.5 Å². The molecule has 0 aliphatic rings. The fraction of sp³-hybridized carbons (Fsp3) is 0.717. The Balaban J connectivity index is 2.74. The zero-order valence-electron chi connectivity index (χ0n) is 35.6. The van der Waals surface area contributed by atoms with Gasteiger partial charge in [-0.25, -0.2) is 0 Å². The van der Waals surface area contributed by atoms with E-state index in [2.05, 4.69) is 75.3 Å². The lowest BCUT2D eigenvalue weighted by Gasteiger charge is -2.26. The molecule has 0 bridgehead atoms. The molecule has 2 aromatic rings. The van der Waals surface area contributed by atoms with E-state index in [0.29, 0.717) is 40.7 Å². The van der Waals surface area contributed by atoms with E-state index in [1.165, 1.54) is 0 Å². The van der Waals surface area contributed by atoms with Gasteiger partial charge in [-0.15, -0.1) is 0 Å². The van der Waals surface area contributed by atoms with Gasteiger partial charge in [-0.2, -0.15) is 0 Å². The maximum absolute atomic E-state index is 14.7. The molecule has 0 fully saturated rings. The Morgan fingerprint density at radius 1 is 0.491 bits per heavy atom. The first-order valence-electron chi connectivity index (χ1n) is 21.4. The Morgan fingerprint density at radius 3 is 1.32 bits per heavy atom. The summed E-state index contributed by atoms with van der Waals surface area (Å²) in [5.74, 6) is 3.82. The molecule has 0 aliphatic heterocycles. The SMILES string of the molecule is CCCC(CC)Oc1cc(CCC(=O)c2cc(OC(CC)CCC)cc(OC(CC)CCC)c2OC(CC)CCC)c(OC(CC)CCC)c(OC)c1. The van der Waals surface area contributed by atoms with Gasteiger partial charge in [0.05, 0.1) is 43.2 Å². The summed E-state index contributed by atoms with van der Waals surface area (Å²) in [4.78, 5) is 14.7. The topological polar surface area (TPSA) is 72.5 Å². The number of carbonyl (C=O) groups is 1. The maximum atomic E-state index is 14.7. The van der Waals surface area contributed by atoms with Crippen LogP contribution < -0.4 is 28.4 Å². The zero-order valence-corrected chi connectivity index (χ0v) is 35.6. The molecule has 0 spiro atoms. The smallest absolute Gasteiger partial charge is 0.172 e. The molecule has 0 saturated heterocycles. The number of ketones is 1. The molecule has 0 N–H and O–H groups in total. The highest BCUT2D eigenvalue weighted by Crippen LogP contribution is 2.42. The predicted molar refractivity (Wildman–Crippen MR) is 220 cm³/mol. The highest BCUT2D eigenvalue weighted by molar-refractivity contribution is 6.00. The van der Waals surface area contributed by atoms with Crippen LogP contribution in [0.25, 0.3) is 0 Å². The van der Waals surface area contributed by atoms with Crippen molar-refractivity contribution in [3.63, 3.8) is 0 Å². The van der Waals surface area contributed by atoms with Gasteiger partial charge >= 0.3 is 0 Å². The molecular weight excluding hydrogens is 664 g/mol. The second kappa shape index (κ2) is 25.8. The van der Waals surface area contributed by atoms with E-state index in [0.717, 1.165) is 108 Å². The van der Waals surface area contributed by atoms with Gasteiger partial charge in [0.25, 0.3) is 0 Å². The minimum atomic E-state index is -0.0346. The molecule has 0 saturated carbocycles. The van der Waals surface area contributed by atoms with Gasteiger partial charge in [-0.1, -0.05) is 101 Å². The number of aryl methyl sites for hydroxylation is 1. The summed E-state index contributed by atoms with van der Waals surface area (Å²) >= 11 is 0. The molecule has 5 atom stereocenters. The van der Waals surface area contributed by atoms with Crippen LogP contribution in [-0.2, 0) is 6.42 Å². The van der Waals surface area contributed by atoms with E-state index < -0.39 is 0 Å². The third-order valence-corrected chi connectivity index (χ3v) is 10.1. The maximum Gasteiger partial charge on any atom is 0.172 e. The number of rotatable bonds is 30. The monoisotopic (exact) mass is 741 g/mol. The van der Waals surface area contributed by atoms with Crippen molar-refractivity contribution < 1.29 is 33.2 Å². The van der Waals surface area contributed by atoms with Crippen LogP contribution in [0.1, 0.15) is 188 Å². The van der Waals surface area contributed by atoms with E-state index in [9.17, 15) is 4.79 Å². The van der Waals surface area contributed by atoms with Gasteiger partial charge in [-0.05, 0) is 82.8 Å². The van der Waals surface area contributed by atoms with Crippen LogP contribution in [0.2, 0.25) is 0 Å². The van der Waals surface area contributed by atoms with Crippen molar-refractivity contribution in [2.24, 2.45) is 0 Å². The number of hydrogen-bond donors (Lipinski definition) is 0. The summed E-state index contributed by atoms with van der Waals surface area (Å²) in [5.41, 5.74) is 1.42. The van der Waals surface area contributed by atoms with E-state index >= 15 is 0 Å². The molecule has 302 valence electrons. The van der Waals surface area contributed by atoms with Crippen LogP contribution in [0.4, 0.5) is 0 Å². The lowest BCUT2D eigenvalue weighted by Crippen LogP contribution is -2.21. The van der Waals surface area contributed by atoms with Gasteiger partial charge in [0.2, 0.25) is 0 Å². The van der Waals surface area contributed by atoms with Gasteiger partial charge < -0.3 is 28.4 Å². The van der Waals surface area contributed by atoms with Crippen LogP contribution in [0, 0.1) is 0 Å². The second-order valence-electron chi connectivity index (χ2n) is 14.5. The Morgan fingerprint density at radius 2 is 0.887 bits per heavy atom. The number of methoxy groups -OCH3 is 1. The fourth-order valence-electron chi connectivity index (χ4n) is 6.85. The van der Waals surface area contributed by atoms with Crippen LogP contribution >= 0.6 is 0 Å². The van der Waals surface area contributed by atoms with Crippen molar-refractivity contribution in [1.82, 2.24) is 0 Å². The minimum Gasteiger partial charge on any atom is -0.493 e. The largest absolute Gasteiger partial charge is 0.493 e. The first kappa shape index (κ1) is 46.1. The molecular formula is C46H76O7. The van der Waals surface area contributed by atoms with E-state index in [1.54, 1.807) is 7.11 Å². The van der Waals surface area contributed by atoms with Crippen molar-refractivity contribution >= 4 is 5.78 Å². The average molecular weight is 741 g/mol. The van der Waals surface area contributed by atoms with Crippen molar-refractivity contribution in [2.45, 2.75) is 209 Å². The number of Topliss-reactive ketones (excluding diaryl/α,β-unsaturated/α-hetero) is 1.